The minimum atomic E-state index is -0.0534. The lowest BCUT2D eigenvalue weighted by Gasteiger charge is -2.34. The Hall–Kier alpha value is -1.89. The summed E-state index contributed by atoms with van der Waals surface area (Å²) >= 11 is 0. The fourth-order valence-corrected chi connectivity index (χ4v) is 3.28. The number of hydrogen-bond donors (Lipinski definition) is 1. The van der Waals surface area contributed by atoms with Gasteiger partial charge in [0.05, 0.1) is 0 Å². The Morgan fingerprint density at radius 2 is 1.88 bits per heavy atom. The number of hydrogen-bond acceptors (Lipinski definition) is 5. The zero-order valence-electron chi connectivity index (χ0n) is 14.7. The summed E-state index contributed by atoms with van der Waals surface area (Å²) in [7, 11) is 0. The molecule has 2 amide bonds. The molecular formula is C17H28N6O. The van der Waals surface area contributed by atoms with Crippen LogP contribution in [-0.4, -0.2) is 71.6 Å². The Morgan fingerprint density at radius 1 is 1.17 bits per heavy atom. The van der Waals surface area contributed by atoms with Gasteiger partial charge in [0.15, 0.2) is 0 Å². The first-order chi connectivity index (χ1) is 11.7. The van der Waals surface area contributed by atoms with Gasteiger partial charge in [0.1, 0.15) is 18.0 Å². The molecule has 0 aromatic carbocycles. The van der Waals surface area contributed by atoms with Crippen molar-refractivity contribution in [2.75, 3.05) is 56.0 Å². The molecule has 2 fully saturated rings. The third-order valence-corrected chi connectivity index (χ3v) is 5.10. The molecule has 0 saturated carbocycles. The van der Waals surface area contributed by atoms with Crippen LogP contribution in [0.3, 0.4) is 0 Å². The van der Waals surface area contributed by atoms with Gasteiger partial charge in [-0.3, -0.25) is 5.32 Å². The number of nitrogens with zero attached hydrogens (tertiary/aromatic N) is 5. The number of anilines is 2. The largest absolute Gasteiger partial charge is 0.354 e. The second-order valence-corrected chi connectivity index (χ2v) is 6.78. The van der Waals surface area contributed by atoms with Gasteiger partial charge in [-0.15, -0.1) is 0 Å². The Balaban J connectivity index is 1.58. The molecule has 0 aliphatic carbocycles. The number of likely N-dealkylation sites (tertiary alicyclic amines) is 1. The van der Waals surface area contributed by atoms with Crippen molar-refractivity contribution in [2.45, 2.75) is 26.7 Å². The third-order valence-electron chi connectivity index (χ3n) is 5.10. The smallest absolute Gasteiger partial charge is 0.323 e. The van der Waals surface area contributed by atoms with E-state index in [-0.39, 0.29) is 6.03 Å². The van der Waals surface area contributed by atoms with Gasteiger partial charge >= 0.3 is 6.03 Å². The predicted octanol–water partition coefficient (Wildman–Crippen LogP) is 1.88. The summed E-state index contributed by atoms with van der Waals surface area (Å²) in [5, 5.41) is 2.92. The first kappa shape index (κ1) is 17.0. The van der Waals surface area contributed by atoms with Crippen LogP contribution in [0.5, 0.6) is 0 Å². The Kier molecular flexibility index (Phi) is 5.50. The van der Waals surface area contributed by atoms with Crippen molar-refractivity contribution in [1.29, 1.82) is 0 Å². The molecule has 0 spiro atoms. The van der Waals surface area contributed by atoms with Crippen LogP contribution < -0.4 is 10.2 Å². The van der Waals surface area contributed by atoms with Crippen LogP contribution in [0.15, 0.2) is 12.4 Å². The molecule has 24 heavy (non-hydrogen) atoms. The molecular weight excluding hydrogens is 304 g/mol. The molecule has 1 aromatic rings. The van der Waals surface area contributed by atoms with Crippen LogP contribution in [0.1, 0.15) is 26.7 Å². The minimum Gasteiger partial charge on any atom is -0.354 e. The summed E-state index contributed by atoms with van der Waals surface area (Å²) < 4.78 is 0. The number of piperidine rings is 1. The average molecular weight is 332 g/mol. The molecule has 0 unspecified atom stereocenters. The van der Waals surface area contributed by atoms with Crippen LogP contribution >= 0.6 is 0 Å². The fraction of sp³-hybridized carbons (Fsp3) is 0.706. The number of carbonyl (C=O) groups excluding carboxylic acids is 1. The second kappa shape index (κ2) is 7.79. The molecule has 3 heterocycles. The zero-order valence-corrected chi connectivity index (χ0v) is 14.7. The maximum atomic E-state index is 12.4. The van der Waals surface area contributed by atoms with E-state index in [9.17, 15) is 4.79 Å². The van der Waals surface area contributed by atoms with Crippen molar-refractivity contribution in [2.24, 2.45) is 5.92 Å². The molecule has 1 aromatic heterocycles. The summed E-state index contributed by atoms with van der Waals surface area (Å²) in [6, 6.07) is 1.83. The van der Waals surface area contributed by atoms with Crippen molar-refractivity contribution in [3.8, 4) is 0 Å². The van der Waals surface area contributed by atoms with Crippen molar-refractivity contribution >= 4 is 17.7 Å². The lowest BCUT2D eigenvalue weighted by molar-refractivity contribution is 0.186. The van der Waals surface area contributed by atoms with Gasteiger partial charge < -0.3 is 14.7 Å². The van der Waals surface area contributed by atoms with Crippen LogP contribution in [-0.2, 0) is 0 Å². The SMILES string of the molecule is CCN1CCN(c2cc(NC(=O)N3CCC(C)CC3)ncn2)CC1. The highest BCUT2D eigenvalue weighted by molar-refractivity contribution is 5.88. The van der Waals surface area contributed by atoms with E-state index in [0.717, 1.165) is 64.5 Å². The number of likely N-dealkylation sites (N-methyl/N-ethyl adjacent to an activating group) is 1. The monoisotopic (exact) mass is 332 g/mol. The molecule has 0 bridgehead atoms. The molecule has 0 atom stereocenters. The van der Waals surface area contributed by atoms with Crippen molar-refractivity contribution < 1.29 is 4.79 Å². The maximum Gasteiger partial charge on any atom is 0.323 e. The van der Waals surface area contributed by atoms with Crippen molar-refractivity contribution in [1.82, 2.24) is 19.8 Å². The lowest BCUT2D eigenvalue weighted by atomic mass is 10.00. The molecule has 132 valence electrons. The van der Waals surface area contributed by atoms with Crippen LogP contribution in [0.2, 0.25) is 0 Å². The highest BCUT2D eigenvalue weighted by Crippen LogP contribution is 2.19. The molecule has 7 nitrogen and oxygen atoms in total. The van der Waals surface area contributed by atoms with E-state index in [2.05, 4.69) is 38.9 Å². The molecule has 2 aliphatic rings. The first-order valence-electron chi connectivity index (χ1n) is 9.01. The summed E-state index contributed by atoms with van der Waals surface area (Å²) in [5.74, 6) is 2.19. The van der Waals surface area contributed by atoms with Crippen LogP contribution in [0.25, 0.3) is 0 Å². The quantitative estimate of drug-likeness (QED) is 0.915. The molecule has 0 radical (unpaired) electrons. The van der Waals surface area contributed by atoms with E-state index in [0.29, 0.717) is 11.7 Å². The number of piperazine rings is 1. The van der Waals surface area contributed by atoms with Crippen LogP contribution in [0.4, 0.5) is 16.4 Å². The number of rotatable bonds is 3. The lowest BCUT2D eigenvalue weighted by Crippen LogP contribution is -2.46. The number of carbonyl (C=O) groups is 1. The van der Waals surface area contributed by atoms with E-state index < -0.39 is 0 Å². The van der Waals surface area contributed by atoms with Gasteiger partial charge in [0, 0.05) is 45.3 Å². The maximum absolute atomic E-state index is 12.4. The van der Waals surface area contributed by atoms with Crippen molar-refractivity contribution in [3.63, 3.8) is 0 Å². The van der Waals surface area contributed by atoms with Crippen LogP contribution in [0, 0.1) is 5.92 Å². The van der Waals surface area contributed by atoms with Crippen molar-refractivity contribution in [3.05, 3.63) is 12.4 Å². The van der Waals surface area contributed by atoms with Gasteiger partial charge in [-0.1, -0.05) is 13.8 Å². The zero-order chi connectivity index (χ0) is 16.9. The van der Waals surface area contributed by atoms with E-state index in [1.807, 2.05) is 11.0 Å². The van der Waals surface area contributed by atoms with Gasteiger partial charge in [-0.05, 0) is 25.3 Å². The van der Waals surface area contributed by atoms with E-state index >= 15 is 0 Å². The highest BCUT2D eigenvalue weighted by Gasteiger charge is 2.21. The normalized spacial score (nSPS) is 20.2. The fourth-order valence-electron chi connectivity index (χ4n) is 3.28. The number of nitrogens with one attached hydrogen (secondary N) is 1. The minimum absolute atomic E-state index is 0.0534. The summed E-state index contributed by atoms with van der Waals surface area (Å²) in [5.41, 5.74) is 0. The Morgan fingerprint density at radius 3 is 2.54 bits per heavy atom. The highest BCUT2D eigenvalue weighted by atomic mass is 16.2. The molecule has 7 heteroatoms. The standard InChI is InChI=1S/C17H28N6O/c1-3-21-8-10-22(11-9-21)16-12-15(18-13-19-16)20-17(24)23-6-4-14(2)5-7-23/h12-14H,3-11H2,1-2H3,(H,18,19,20,24). The van der Waals surface area contributed by atoms with Gasteiger partial charge in [-0.25, -0.2) is 14.8 Å². The first-order valence-corrected chi connectivity index (χ1v) is 9.01. The Labute approximate surface area is 144 Å². The van der Waals surface area contributed by atoms with Gasteiger partial charge in [0.25, 0.3) is 0 Å². The number of urea groups is 1. The summed E-state index contributed by atoms with van der Waals surface area (Å²) in [6.45, 7) is 11.2. The molecule has 1 N–H and O–H groups in total. The third kappa shape index (κ3) is 4.14. The van der Waals surface area contributed by atoms with Gasteiger partial charge in [-0.2, -0.15) is 0 Å². The Bertz CT molecular complexity index is 550. The number of aromatic nitrogens is 2. The molecule has 2 aliphatic heterocycles. The molecule has 2 saturated heterocycles. The van der Waals surface area contributed by atoms with E-state index in [4.69, 9.17) is 0 Å². The predicted molar refractivity (Wildman–Crippen MR) is 95.3 cm³/mol. The van der Waals surface area contributed by atoms with E-state index in [1.54, 1.807) is 0 Å². The second-order valence-electron chi connectivity index (χ2n) is 6.78. The van der Waals surface area contributed by atoms with Gasteiger partial charge in [0.2, 0.25) is 0 Å². The summed E-state index contributed by atoms with van der Waals surface area (Å²) in [6.07, 6.45) is 3.68. The summed E-state index contributed by atoms with van der Waals surface area (Å²) in [4.78, 5) is 27.5. The number of amides is 2. The average Bonchev–Trinajstić information content (AvgIpc) is 2.62. The molecule has 3 rings (SSSR count). The topological polar surface area (TPSA) is 64.6 Å². The van der Waals surface area contributed by atoms with E-state index in [1.165, 1.54) is 6.33 Å².